The molecule has 236 valence electrons. The minimum absolute atomic E-state index is 0.250. The number of rotatable bonds is 10. The van der Waals surface area contributed by atoms with Crippen LogP contribution in [0.2, 0.25) is 0 Å². The van der Waals surface area contributed by atoms with Crippen molar-refractivity contribution in [1.82, 2.24) is 4.90 Å². The third kappa shape index (κ3) is 9.38. The highest BCUT2D eigenvalue weighted by Crippen LogP contribution is 2.48. The van der Waals surface area contributed by atoms with Crippen molar-refractivity contribution in [2.75, 3.05) is 31.1 Å². The third-order valence-corrected chi connectivity index (χ3v) is 7.76. The number of hydrogen-bond donors (Lipinski definition) is 3. The van der Waals surface area contributed by atoms with E-state index in [0.29, 0.717) is 55.5 Å². The van der Waals surface area contributed by atoms with Crippen LogP contribution in [0.5, 0.6) is 0 Å². The number of anilines is 1. The Morgan fingerprint density at radius 1 is 0.977 bits per heavy atom. The molecule has 0 radical (unpaired) electrons. The Bertz CT molecular complexity index is 1310. The number of carboxylic acids is 1. The molecule has 0 spiro atoms. The summed E-state index contributed by atoms with van der Waals surface area (Å²) < 4.78 is 85.5. The Morgan fingerprint density at radius 3 is 2.07 bits per heavy atom. The van der Waals surface area contributed by atoms with Crippen molar-refractivity contribution >= 4 is 35.4 Å². The summed E-state index contributed by atoms with van der Waals surface area (Å²) in [7, 11) is 0. The minimum atomic E-state index is -5.43. The summed E-state index contributed by atoms with van der Waals surface area (Å²) in [5.41, 5.74) is -4.10. The van der Waals surface area contributed by atoms with Crippen LogP contribution < -0.4 is 4.90 Å². The lowest BCUT2D eigenvalue weighted by Gasteiger charge is -2.32. The highest BCUT2D eigenvalue weighted by atomic mass is 32.2. The maximum Gasteiger partial charge on any atom is 0.418 e. The van der Waals surface area contributed by atoms with E-state index in [2.05, 4.69) is 0 Å². The van der Waals surface area contributed by atoms with E-state index in [-0.39, 0.29) is 18.0 Å². The zero-order valence-corrected chi connectivity index (χ0v) is 24.1. The molecule has 2 aromatic rings. The van der Waals surface area contributed by atoms with Crippen LogP contribution in [0.25, 0.3) is 6.08 Å². The fourth-order valence-electron chi connectivity index (χ4n) is 4.82. The number of piperidine rings is 1. The SMILES string of the molecule is CC(O)CN(CC(C)O)C(=O)C=Cc1ccc(Sc2cccc(N3CCC(C(=O)O)CC3)c2)c(C(F)(F)F)c1C(F)(F)F. The maximum atomic E-state index is 14.3. The quantitative estimate of drug-likeness (QED) is 0.225. The van der Waals surface area contributed by atoms with Crippen molar-refractivity contribution in [2.24, 2.45) is 5.92 Å². The summed E-state index contributed by atoms with van der Waals surface area (Å²) in [6.07, 6.45) is -10.8. The number of hydrogen-bond acceptors (Lipinski definition) is 6. The standard InChI is InChI=1S/C29H32F6N2O5S/c1-17(38)15-37(16-18(2)39)24(40)9-7-19-6-8-23(26(29(33,34)35)25(19)28(30,31)32)43-22-5-3-4-21(14-22)36-12-10-20(11-13-36)27(41)42/h3-9,14,17-18,20,38-39H,10-13,15-16H2,1-2H3,(H,41,42). The fraction of sp³-hybridized carbons (Fsp3) is 0.448. The lowest BCUT2D eigenvalue weighted by Crippen LogP contribution is -2.39. The number of aliphatic hydroxyl groups is 2. The summed E-state index contributed by atoms with van der Waals surface area (Å²) in [6.45, 7) is 3.03. The lowest BCUT2D eigenvalue weighted by molar-refractivity contribution is -0.163. The molecule has 0 bridgehead atoms. The molecular weight excluding hydrogens is 602 g/mol. The second-order valence-electron chi connectivity index (χ2n) is 10.4. The number of carboxylic acid groups (broad SMARTS) is 1. The van der Waals surface area contributed by atoms with Crippen molar-refractivity contribution in [2.45, 2.75) is 61.0 Å². The summed E-state index contributed by atoms with van der Waals surface area (Å²) in [5.74, 6) is -2.29. The molecule has 3 rings (SSSR count). The molecule has 2 unspecified atom stereocenters. The number of halogens is 6. The Balaban J connectivity index is 1.98. The Hall–Kier alpha value is -3.23. The molecule has 1 fully saturated rings. The third-order valence-electron chi connectivity index (χ3n) is 6.71. The number of nitrogens with zero attached hydrogens (tertiary/aromatic N) is 2. The summed E-state index contributed by atoms with van der Waals surface area (Å²) in [4.78, 5) is 26.3. The second-order valence-corrected chi connectivity index (χ2v) is 11.5. The summed E-state index contributed by atoms with van der Waals surface area (Å²) >= 11 is 0.511. The van der Waals surface area contributed by atoms with Gasteiger partial charge in [-0.25, -0.2) is 0 Å². The summed E-state index contributed by atoms with van der Waals surface area (Å²) in [6, 6.07) is 8.05. The Kier molecular flexibility index (Phi) is 11.2. The molecule has 3 N–H and O–H groups in total. The van der Waals surface area contributed by atoms with Gasteiger partial charge in [0.15, 0.2) is 0 Å². The first kappa shape index (κ1) is 34.3. The lowest BCUT2D eigenvalue weighted by atomic mass is 9.97. The van der Waals surface area contributed by atoms with E-state index >= 15 is 0 Å². The fourth-order valence-corrected chi connectivity index (χ4v) is 5.86. The smallest absolute Gasteiger partial charge is 0.418 e. The number of benzene rings is 2. The Morgan fingerprint density at radius 2 is 1.56 bits per heavy atom. The maximum absolute atomic E-state index is 14.3. The van der Waals surface area contributed by atoms with E-state index < -0.39 is 63.9 Å². The number of carbonyl (C=O) groups is 2. The normalized spacial score (nSPS) is 16.4. The van der Waals surface area contributed by atoms with Gasteiger partial charge in [0.1, 0.15) is 0 Å². The molecule has 1 saturated heterocycles. The first-order valence-corrected chi connectivity index (χ1v) is 14.2. The average Bonchev–Trinajstić information content (AvgIpc) is 2.90. The first-order chi connectivity index (χ1) is 20.0. The van der Waals surface area contributed by atoms with E-state index in [4.69, 9.17) is 0 Å². The van der Waals surface area contributed by atoms with Gasteiger partial charge in [-0.2, -0.15) is 26.3 Å². The van der Waals surface area contributed by atoms with Crippen molar-refractivity contribution in [3.63, 3.8) is 0 Å². The van der Waals surface area contributed by atoms with Gasteiger partial charge in [0.25, 0.3) is 0 Å². The van der Waals surface area contributed by atoms with Gasteiger partial charge in [-0.05, 0) is 62.6 Å². The molecule has 0 aromatic heterocycles. The van der Waals surface area contributed by atoms with Crippen LogP contribution in [0.3, 0.4) is 0 Å². The van der Waals surface area contributed by atoms with Crippen LogP contribution in [0, 0.1) is 5.92 Å². The number of aliphatic carboxylic acids is 1. The van der Waals surface area contributed by atoms with Crippen LogP contribution in [0.1, 0.15) is 43.4 Å². The van der Waals surface area contributed by atoms with E-state index in [1.807, 2.05) is 4.90 Å². The van der Waals surface area contributed by atoms with Crippen LogP contribution in [0.4, 0.5) is 32.0 Å². The molecule has 7 nitrogen and oxygen atoms in total. The van der Waals surface area contributed by atoms with Gasteiger partial charge in [-0.1, -0.05) is 23.9 Å². The molecule has 1 aliphatic heterocycles. The molecule has 0 saturated carbocycles. The van der Waals surface area contributed by atoms with E-state index in [9.17, 15) is 51.3 Å². The average molecular weight is 635 g/mol. The van der Waals surface area contributed by atoms with Gasteiger partial charge in [-0.15, -0.1) is 0 Å². The first-order valence-electron chi connectivity index (χ1n) is 13.4. The van der Waals surface area contributed by atoms with Gasteiger partial charge < -0.3 is 25.1 Å². The monoisotopic (exact) mass is 634 g/mol. The van der Waals surface area contributed by atoms with Crippen LogP contribution in [0.15, 0.2) is 52.3 Å². The molecule has 43 heavy (non-hydrogen) atoms. The highest BCUT2D eigenvalue weighted by molar-refractivity contribution is 7.99. The largest absolute Gasteiger partial charge is 0.481 e. The number of carbonyl (C=O) groups excluding carboxylic acids is 1. The van der Waals surface area contributed by atoms with Crippen LogP contribution in [-0.4, -0.2) is 70.5 Å². The van der Waals surface area contributed by atoms with Crippen molar-refractivity contribution in [1.29, 1.82) is 0 Å². The molecule has 1 aliphatic rings. The van der Waals surface area contributed by atoms with Gasteiger partial charge >= 0.3 is 18.3 Å². The molecule has 0 aliphatic carbocycles. The van der Waals surface area contributed by atoms with Crippen LogP contribution >= 0.6 is 11.8 Å². The topological polar surface area (TPSA) is 101 Å². The molecule has 1 heterocycles. The van der Waals surface area contributed by atoms with Crippen molar-refractivity contribution in [3.8, 4) is 0 Å². The van der Waals surface area contributed by atoms with Gasteiger partial charge in [-0.3, -0.25) is 9.59 Å². The van der Waals surface area contributed by atoms with Crippen LogP contribution in [-0.2, 0) is 21.9 Å². The molecule has 2 aromatic carbocycles. The van der Waals surface area contributed by atoms with Gasteiger partial charge in [0.05, 0.1) is 29.3 Å². The van der Waals surface area contributed by atoms with Gasteiger partial charge in [0.2, 0.25) is 5.91 Å². The zero-order valence-electron chi connectivity index (χ0n) is 23.3. The zero-order chi connectivity index (χ0) is 32.1. The Labute approximate surface area is 248 Å². The van der Waals surface area contributed by atoms with Gasteiger partial charge in [0, 0.05) is 47.7 Å². The van der Waals surface area contributed by atoms with E-state index in [0.717, 1.165) is 17.0 Å². The number of alkyl halides is 6. The minimum Gasteiger partial charge on any atom is -0.481 e. The predicted molar refractivity (Wildman–Crippen MR) is 149 cm³/mol. The molecule has 14 heteroatoms. The number of aliphatic hydroxyl groups excluding tert-OH is 2. The molecule has 2 atom stereocenters. The van der Waals surface area contributed by atoms with E-state index in [1.165, 1.54) is 19.9 Å². The highest BCUT2D eigenvalue weighted by Gasteiger charge is 2.46. The summed E-state index contributed by atoms with van der Waals surface area (Å²) in [5, 5.41) is 28.4. The van der Waals surface area contributed by atoms with Crippen molar-refractivity contribution in [3.05, 3.63) is 59.2 Å². The van der Waals surface area contributed by atoms with E-state index in [1.54, 1.807) is 18.2 Å². The molecular formula is C29H32F6N2O5S. The second kappa shape index (κ2) is 14.0. The molecule has 1 amide bonds. The predicted octanol–water partition coefficient (Wildman–Crippen LogP) is 5.78. The number of amides is 1. The van der Waals surface area contributed by atoms with Crippen molar-refractivity contribution < 1.29 is 51.3 Å².